The molecule has 0 saturated heterocycles. The summed E-state index contributed by atoms with van der Waals surface area (Å²) in [5, 5.41) is 2.89. The van der Waals surface area contributed by atoms with E-state index in [4.69, 9.17) is 11.6 Å². The maximum absolute atomic E-state index is 11.7. The molecule has 0 saturated carbocycles. The van der Waals surface area contributed by atoms with Crippen molar-refractivity contribution in [3.8, 4) is 0 Å². The molecule has 2 aromatic rings. The molecule has 0 aromatic heterocycles. The molecule has 0 fully saturated rings. The van der Waals surface area contributed by atoms with Crippen LogP contribution in [0.3, 0.4) is 0 Å². The summed E-state index contributed by atoms with van der Waals surface area (Å²) in [6.45, 7) is 0.456. The summed E-state index contributed by atoms with van der Waals surface area (Å²) in [4.78, 5) is 0.289. The van der Waals surface area contributed by atoms with Crippen LogP contribution in [0.1, 0.15) is 10.9 Å². The van der Waals surface area contributed by atoms with Gasteiger partial charge in [0.2, 0.25) is 0 Å². The van der Waals surface area contributed by atoms with E-state index in [-0.39, 0.29) is 10.3 Å². The van der Waals surface area contributed by atoms with Crippen LogP contribution in [0.5, 0.6) is 0 Å². The van der Waals surface area contributed by atoms with Crippen molar-refractivity contribution in [2.45, 2.75) is 10.3 Å². The molecule has 1 unspecified atom stereocenters. The van der Waals surface area contributed by atoms with Gasteiger partial charge in [0.1, 0.15) is 0 Å². The highest BCUT2D eigenvalue weighted by Crippen LogP contribution is 2.24. The lowest BCUT2D eigenvalue weighted by Gasteiger charge is -2.14. The lowest BCUT2D eigenvalue weighted by molar-refractivity contribution is 0.602. The molecule has 3 nitrogen and oxygen atoms in total. The Balaban J connectivity index is 2.12. The molecular weight excluding hydrogens is 294 g/mol. The van der Waals surface area contributed by atoms with Crippen LogP contribution in [0.4, 0.5) is 5.69 Å². The summed E-state index contributed by atoms with van der Waals surface area (Å²) < 4.78 is 23.4. The number of rotatable bonds is 5. The minimum atomic E-state index is -3.25. The van der Waals surface area contributed by atoms with Crippen LogP contribution in [-0.4, -0.2) is 21.2 Å². The van der Waals surface area contributed by atoms with Crippen molar-refractivity contribution < 1.29 is 8.42 Å². The van der Waals surface area contributed by atoms with Gasteiger partial charge in [-0.3, -0.25) is 0 Å². The molecule has 0 heterocycles. The Labute approximate surface area is 124 Å². The molecule has 2 aromatic carbocycles. The second-order valence-corrected chi connectivity index (χ2v) is 7.04. The van der Waals surface area contributed by atoms with Crippen molar-refractivity contribution in [1.82, 2.24) is 0 Å². The van der Waals surface area contributed by atoms with Gasteiger partial charge in [0.05, 0.1) is 16.0 Å². The zero-order valence-corrected chi connectivity index (χ0v) is 12.7. The standard InChI is InChI=1S/C15H16ClNO2S/c1-20(18,19)15-10-6-5-9-14(15)17-11-13(16)12-7-3-2-4-8-12/h2-10,13,17H,11H2,1H3. The molecule has 5 heteroatoms. The number of hydrogen-bond donors (Lipinski definition) is 1. The van der Waals surface area contributed by atoms with Gasteiger partial charge in [-0.1, -0.05) is 42.5 Å². The number of benzene rings is 2. The first kappa shape index (κ1) is 14.9. The Morgan fingerprint density at radius 2 is 1.65 bits per heavy atom. The van der Waals surface area contributed by atoms with E-state index >= 15 is 0 Å². The number of alkyl halides is 1. The Morgan fingerprint density at radius 3 is 2.30 bits per heavy atom. The monoisotopic (exact) mass is 309 g/mol. The maximum Gasteiger partial charge on any atom is 0.177 e. The van der Waals surface area contributed by atoms with Crippen LogP contribution in [0.25, 0.3) is 0 Å². The predicted octanol–water partition coefficient (Wildman–Crippen LogP) is 3.48. The molecule has 0 radical (unpaired) electrons. The molecule has 1 atom stereocenters. The molecular formula is C15H16ClNO2S. The van der Waals surface area contributed by atoms with Crippen molar-refractivity contribution >= 4 is 27.1 Å². The average Bonchev–Trinajstić information content (AvgIpc) is 2.45. The van der Waals surface area contributed by atoms with Gasteiger partial charge in [0.25, 0.3) is 0 Å². The Kier molecular flexibility index (Phi) is 4.68. The van der Waals surface area contributed by atoms with Crippen LogP contribution in [0.2, 0.25) is 0 Å². The van der Waals surface area contributed by atoms with E-state index in [0.29, 0.717) is 12.2 Å². The van der Waals surface area contributed by atoms with Crippen molar-refractivity contribution in [3.63, 3.8) is 0 Å². The summed E-state index contributed by atoms with van der Waals surface area (Å²) in [5.41, 5.74) is 1.58. The molecule has 2 rings (SSSR count). The van der Waals surface area contributed by atoms with E-state index in [1.54, 1.807) is 24.3 Å². The Morgan fingerprint density at radius 1 is 1.05 bits per heavy atom. The number of hydrogen-bond acceptors (Lipinski definition) is 3. The van der Waals surface area contributed by atoms with Crippen molar-refractivity contribution in [1.29, 1.82) is 0 Å². The van der Waals surface area contributed by atoms with Crippen LogP contribution in [0.15, 0.2) is 59.5 Å². The van der Waals surface area contributed by atoms with Gasteiger partial charge in [0.15, 0.2) is 9.84 Å². The first-order valence-corrected chi connectivity index (χ1v) is 8.53. The van der Waals surface area contributed by atoms with Crippen molar-refractivity contribution in [2.24, 2.45) is 0 Å². The Hall–Kier alpha value is -1.52. The normalized spacial score (nSPS) is 12.9. The topological polar surface area (TPSA) is 46.2 Å². The van der Waals surface area contributed by atoms with Gasteiger partial charge in [0, 0.05) is 12.8 Å². The Bertz CT molecular complexity index is 671. The lowest BCUT2D eigenvalue weighted by atomic mass is 10.1. The largest absolute Gasteiger partial charge is 0.382 e. The summed E-state index contributed by atoms with van der Waals surface area (Å²) in [6.07, 6.45) is 1.20. The second kappa shape index (κ2) is 6.29. The highest BCUT2D eigenvalue weighted by molar-refractivity contribution is 7.90. The van der Waals surface area contributed by atoms with E-state index < -0.39 is 9.84 Å². The lowest BCUT2D eigenvalue weighted by Crippen LogP contribution is -2.11. The van der Waals surface area contributed by atoms with Crippen LogP contribution in [-0.2, 0) is 9.84 Å². The van der Waals surface area contributed by atoms with Gasteiger partial charge in [-0.15, -0.1) is 11.6 Å². The minimum absolute atomic E-state index is 0.219. The third-order valence-electron chi connectivity index (χ3n) is 2.92. The molecule has 1 N–H and O–H groups in total. The summed E-state index contributed by atoms with van der Waals surface area (Å²) in [5.74, 6) is 0. The van der Waals surface area contributed by atoms with Gasteiger partial charge in [-0.05, 0) is 17.7 Å². The first-order valence-electron chi connectivity index (χ1n) is 6.20. The fourth-order valence-electron chi connectivity index (χ4n) is 1.92. The van der Waals surface area contributed by atoms with Gasteiger partial charge >= 0.3 is 0 Å². The molecule has 0 spiro atoms. The van der Waals surface area contributed by atoms with E-state index in [1.807, 2.05) is 30.3 Å². The molecule has 20 heavy (non-hydrogen) atoms. The third-order valence-corrected chi connectivity index (χ3v) is 4.48. The van der Waals surface area contributed by atoms with Crippen LogP contribution < -0.4 is 5.32 Å². The van der Waals surface area contributed by atoms with Gasteiger partial charge < -0.3 is 5.32 Å². The second-order valence-electron chi connectivity index (χ2n) is 4.53. The van der Waals surface area contributed by atoms with Crippen molar-refractivity contribution in [2.75, 3.05) is 18.1 Å². The van der Waals surface area contributed by atoms with E-state index in [2.05, 4.69) is 5.32 Å². The number of halogens is 1. The number of para-hydroxylation sites is 1. The molecule has 0 bridgehead atoms. The third kappa shape index (κ3) is 3.74. The van der Waals surface area contributed by atoms with E-state index in [9.17, 15) is 8.42 Å². The average molecular weight is 310 g/mol. The quantitative estimate of drug-likeness (QED) is 0.860. The van der Waals surface area contributed by atoms with Gasteiger partial charge in [-0.2, -0.15) is 0 Å². The number of anilines is 1. The van der Waals surface area contributed by atoms with Gasteiger partial charge in [-0.25, -0.2) is 8.42 Å². The highest BCUT2D eigenvalue weighted by Gasteiger charge is 2.13. The van der Waals surface area contributed by atoms with Crippen LogP contribution >= 0.6 is 11.6 Å². The smallest absolute Gasteiger partial charge is 0.177 e. The SMILES string of the molecule is CS(=O)(=O)c1ccccc1NCC(Cl)c1ccccc1. The van der Waals surface area contributed by atoms with E-state index in [1.165, 1.54) is 6.26 Å². The van der Waals surface area contributed by atoms with E-state index in [0.717, 1.165) is 5.56 Å². The first-order chi connectivity index (χ1) is 9.48. The van der Waals surface area contributed by atoms with Crippen LogP contribution in [0, 0.1) is 0 Å². The zero-order chi connectivity index (χ0) is 14.6. The molecule has 0 aliphatic heterocycles. The molecule has 0 amide bonds. The molecule has 106 valence electrons. The summed E-state index contributed by atoms with van der Waals surface area (Å²) >= 11 is 6.31. The summed E-state index contributed by atoms with van der Waals surface area (Å²) in [6, 6.07) is 16.5. The number of nitrogens with one attached hydrogen (secondary N) is 1. The maximum atomic E-state index is 11.7. The molecule has 0 aliphatic carbocycles. The summed E-state index contributed by atoms with van der Waals surface area (Å²) in [7, 11) is -3.25. The minimum Gasteiger partial charge on any atom is -0.382 e. The highest BCUT2D eigenvalue weighted by atomic mass is 35.5. The molecule has 0 aliphatic rings. The predicted molar refractivity (Wildman–Crippen MR) is 83.1 cm³/mol. The number of sulfone groups is 1. The fraction of sp³-hybridized carbons (Fsp3) is 0.200. The fourth-order valence-corrected chi connectivity index (χ4v) is 3.00. The zero-order valence-electron chi connectivity index (χ0n) is 11.1. The van der Waals surface area contributed by atoms with Crippen molar-refractivity contribution in [3.05, 3.63) is 60.2 Å².